The molecule has 0 aliphatic rings. The average Bonchev–Trinajstić information content (AvgIpc) is 2.43. The number of aliphatic carboxylic acids is 1. The summed E-state index contributed by atoms with van der Waals surface area (Å²) in [6, 6.07) is 6.42. The van der Waals surface area contributed by atoms with Crippen LogP contribution in [0.2, 0.25) is 0 Å². The Hall–Kier alpha value is -2.65. The molecule has 0 saturated carbocycles. The number of phenols is 1. The number of carboxylic acids is 1. The van der Waals surface area contributed by atoms with Gasteiger partial charge in [-0.15, -0.1) is 0 Å². The Kier molecular flexibility index (Phi) is 4.52. The summed E-state index contributed by atoms with van der Waals surface area (Å²) in [5, 5.41) is 21.4. The molecule has 2 aromatic carbocycles. The summed E-state index contributed by atoms with van der Waals surface area (Å²) in [4.78, 5) is 21.5. The van der Waals surface area contributed by atoms with Crippen LogP contribution in [0.15, 0.2) is 35.2 Å². The lowest BCUT2D eigenvalue weighted by Gasteiger charge is -2.08. The molecule has 0 radical (unpaired) electrons. The molecule has 1 amide bonds. The summed E-state index contributed by atoms with van der Waals surface area (Å²) < 4.78 is 31.4. The summed E-state index contributed by atoms with van der Waals surface area (Å²) in [5.74, 6) is -1.94. The van der Waals surface area contributed by atoms with Crippen LogP contribution < -0.4 is 5.32 Å². The van der Waals surface area contributed by atoms with Crippen LogP contribution in [0.25, 0.3) is 10.8 Å². The molecule has 0 bridgehead atoms. The van der Waals surface area contributed by atoms with Gasteiger partial charge < -0.3 is 15.5 Å². The first-order valence-corrected chi connectivity index (χ1v) is 7.87. The van der Waals surface area contributed by atoms with E-state index in [4.69, 9.17) is 9.66 Å². The Morgan fingerprint density at radius 1 is 1.09 bits per heavy atom. The minimum atomic E-state index is -4.48. The fourth-order valence-electron chi connectivity index (χ4n) is 1.99. The second-order valence-corrected chi connectivity index (χ2v) is 6.22. The van der Waals surface area contributed by atoms with Crippen molar-refractivity contribution in [2.24, 2.45) is 0 Å². The van der Waals surface area contributed by atoms with Gasteiger partial charge in [-0.25, -0.2) is 0 Å². The normalized spacial score (nSPS) is 11.3. The highest BCUT2D eigenvalue weighted by molar-refractivity contribution is 7.85. The van der Waals surface area contributed by atoms with Gasteiger partial charge in [0.15, 0.2) is 0 Å². The fraction of sp³-hybridized carbons (Fsp3) is 0.143. The first kappa shape index (κ1) is 16.7. The molecule has 2 rings (SSSR count). The molecule has 0 aliphatic carbocycles. The van der Waals surface area contributed by atoms with Gasteiger partial charge in [0.1, 0.15) is 5.75 Å². The summed E-state index contributed by atoms with van der Waals surface area (Å²) in [6.45, 7) is 0. The van der Waals surface area contributed by atoms with Crippen LogP contribution in [-0.2, 0) is 19.7 Å². The van der Waals surface area contributed by atoms with Crippen LogP contribution in [0.4, 0.5) is 5.69 Å². The summed E-state index contributed by atoms with van der Waals surface area (Å²) in [5.41, 5.74) is 0.305. The highest BCUT2D eigenvalue weighted by atomic mass is 32.2. The highest BCUT2D eigenvalue weighted by Crippen LogP contribution is 2.30. The molecule has 0 atom stereocenters. The number of anilines is 1. The van der Waals surface area contributed by atoms with Crippen LogP contribution in [0.3, 0.4) is 0 Å². The van der Waals surface area contributed by atoms with E-state index in [1.54, 1.807) is 0 Å². The zero-order valence-corrected chi connectivity index (χ0v) is 12.5. The van der Waals surface area contributed by atoms with E-state index in [0.717, 1.165) is 12.1 Å². The fourth-order valence-corrected chi connectivity index (χ4v) is 2.53. The molecule has 0 heterocycles. The Morgan fingerprint density at radius 3 is 2.39 bits per heavy atom. The van der Waals surface area contributed by atoms with Crippen LogP contribution in [-0.4, -0.2) is 35.1 Å². The van der Waals surface area contributed by atoms with Crippen molar-refractivity contribution in [3.8, 4) is 5.75 Å². The predicted octanol–water partition coefficient (Wildman–Crippen LogP) is 1.60. The third kappa shape index (κ3) is 4.18. The lowest BCUT2D eigenvalue weighted by atomic mass is 10.1. The van der Waals surface area contributed by atoms with Crippen LogP contribution in [0, 0.1) is 0 Å². The second-order valence-electron chi connectivity index (χ2n) is 4.80. The number of amides is 1. The van der Waals surface area contributed by atoms with Crippen molar-refractivity contribution in [2.45, 2.75) is 17.7 Å². The lowest BCUT2D eigenvalue weighted by Crippen LogP contribution is -2.13. The van der Waals surface area contributed by atoms with E-state index in [-0.39, 0.29) is 24.0 Å². The highest BCUT2D eigenvalue weighted by Gasteiger charge is 2.14. The zero-order valence-electron chi connectivity index (χ0n) is 11.7. The molecule has 0 fully saturated rings. The Balaban J connectivity index is 2.34. The van der Waals surface area contributed by atoms with Gasteiger partial charge in [-0.1, -0.05) is 0 Å². The van der Waals surface area contributed by atoms with E-state index >= 15 is 0 Å². The van der Waals surface area contributed by atoms with Crippen molar-refractivity contribution in [1.82, 2.24) is 0 Å². The number of phenolic OH excluding ortho intramolecular Hbond substituents is 1. The Bertz CT molecular complexity index is 889. The topological polar surface area (TPSA) is 141 Å². The monoisotopic (exact) mass is 339 g/mol. The number of carboxylic acid groups (broad SMARTS) is 1. The van der Waals surface area contributed by atoms with Crippen molar-refractivity contribution in [1.29, 1.82) is 0 Å². The number of benzene rings is 2. The summed E-state index contributed by atoms with van der Waals surface area (Å²) in [6.07, 6.45) is -0.517. The van der Waals surface area contributed by atoms with E-state index in [1.165, 1.54) is 18.2 Å². The largest absolute Gasteiger partial charge is 0.507 e. The number of aromatic hydroxyl groups is 1. The van der Waals surface area contributed by atoms with Crippen molar-refractivity contribution in [2.75, 3.05) is 5.32 Å². The molecule has 0 aromatic heterocycles. The molecule has 0 spiro atoms. The first-order valence-electron chi connectivity index (χ1n) is 6.43. The van der Waals surface area contributed by atoms with E-state index in [9.17, 15) is 23.1 Å². The number of nitrogens with one attached hydrogen (secondary N) is 1. The smallest absolute Gasteiger partial charge is 0.303 e. The van der Waals surface area contributed by atoms with Crippen LogP contribution in [0.5, 0.6) is 5.75 Å². The second kappa shape index (κ2) is 6.23. The maximum absolute atomic E-state index is 11.6. The molecule has 0 aliphatic heterocycles. The van der Waals surface area contributed by atoms with Gasteiger partial charge in [-0.3, -0.25) is 14.1 Å². The zero-order chi connectivity index (χ0) is 17.2. The van der Waals surface area contributed by atoms with E-state index in [1.807, 2.05) is 0 Å². The molecule has 9 heteroatoms. The van der Waals surface area contributed by atoms with Crippen molar-refractivity contribution in [3.05, 3.63) is 30.3 Å². The number of carbonyl (C=O) groups is 2. The SMILES string of the molecule is O=C(O)CCC(=O)Nc1ccc2c(O)cc(S(=O)(=O)O)cc2c1. The van der Waals surface area contributed by atoms with Crippen molar-refractivity contribution in [3.63, 3.8) is 0 Å². The van der Waals surface area contributed by atoms with Gasteiger partial charge in [0.2, 0.25) is 5.91 Å². The molecular formula is C14H13NO7S. The number of hydrogen-bond donors (Lipinski definition) is 4. The molecule has 0 unspecified atom stereocenters. The van der Waals surface area contributed by atoms with Gasteiger partial charge in [-0.05, 0) is 29.7 Å². The Morgan fingerprint density at radius 2 is 1.78 bits per heavy atom. The first-order chi connectivity index (χ1) is 10.7. The maximum atomic E-state index is 11.6. The van der Waals surface area contributed by atoms with Crippen LogP contribution in [0.1, 0.15) is 12.8 Å². The molecule has 0 saturated heterocycles. The molecule has 8 nitrogen and oxygen atoms in total. The lowest BCUT2D eigenvalue weighted by molar-refractivity contribution is -0.138. The average molecular weight is 339 g/mol. The summed E-state index contributed by atoms with van der Waals surface area (Å²) in [7, 11) is -4.48. The van der Waals surface area contributed by atoms with Gasteiger partial charge in [0.05, 0.1) is 11.3 Å². The summed E-state index contributed by atoms with van der Waals surface area (Å²) >= 11 is 0. The van der Waals surface area contributed by atoms with Gasteiger partial charge in [-0.2, -0.15) is 8.42 Å². The molecule has 4 N–H and O–H groups in total. The Labute approximate surface area is 131 Å². The molecule has 2 aromatic rings. The number of rotatable bonds is 5. The third-order valence-electron chi connectivity index (χ3n) is 3.05. The quantitative estimate of drug-likeness (QED) is 0.606. The van der Waals surface area contributed by atoms with Crippen molar-refractivity contribution >= 4 is 38.5 Å². The van der Waals surface area contributed by atoms with E-state index in [2.05, 4.69) is 5.32 Å². The minimum absolute atomic E-state index is 0.205. The third-order valence-corrected chi connectivity index (χ3v) is 3.88. The molecule has 23 heavy (non-hydrogen) atoms. The maximum Gasteiger partial charge on any atom is 0.303 e. The van der Waals surface area contributed by atoms with Gasteiger partial charge in [0, 0.05) is 23.6 Å². The number of hydrogen-bond acceptors (Lipinski definition) is 5. The number of fused-ring (bicyclic) bond motifs is 1. The van der Waals surface area contributed by atoms with Gasteiger partial charge in [0.25, 0.3) is 10.1 Å². The van der Waals surface area contributed by atoms with Crippen LogP contribution >= 0.6 is 0 Å². The number of carbonyl (C=O) groups excluding carboxylic acids is 1. The van der Waals surface area contributed by atoms with E-state index in [0.29, 0.717) is 11.1 Å². The standard InChI is InChI=1S/C14H13NO7S/c16-12-7-10(23(20,21)22)6-8-5-9(1-2-11(8)12)15-13(17)3-4-14(18)19/h1-2,5-7,16H,3-4H2,(H,15,17)(H,18,19)(H,20,21,22). The molecule has 122 valence electrons. The predicted molar refractivity (Wildman–Crippen MR) is 80.9 cm³/mol. The van der Waals surface area contributed by atoms with Crippen molar-refractivity contribution < 1.29 is 32.8 Å². The van der Waals surface area contributed by atoms with E-state index < -0.39 is 26.9 Å². The molecular weight excluding hydrogens is 326 g/mol. The van der Waals surface area contributed by atoms with Gasteiger partial charge >= 0.3 is 5.97 Å². The minimum Gasteiger partial charge on any atom is -0.507 e.